The van der Waals surface area contributed by atoms with Crippen molar-refractivity contribution < 1.29 is 31.1 Å². The minimum Gasteiger partial charge on any atom is -0.493 e. The first-order chi connectivity index (χ1) is 18.5. The summed E-state index contributed by atoms with van der Waals surface area (Å²) in [6.07, 6.45) is 0. The summed E-state index contributed by atoms with van der Waals surface area (Å²) < 4.78 is 66.4. The topological polar surface area (TPSA) is 131 Å². The van der Waals surface area contributed by atoms with Crippen LogP contribution in [0.3, 0.4) is 0 Å². The molecule has 1 aliphatic heterocycles. The molecule has 0 aliphatic carbocycles. The Kier molecular flexibility index (Phi) is 8.96. The number of benzene rings is 3. The van der Waals surface area contributed by atoms with Crippen molar-refractivity contribution in [3.05, 3.63) is 71.2 Å². The van der Waals surface area contributed by atoms with Gasteiger partial charge in [-0.05, 0) is 54.6 Å². The highest BCUT2D eigenvalue weighted by Gasteiger charge is 2.26. The fourth-order valence-electron chi connectivity index (χ4n) is 3.81. The number of nitrogens with one attached hydrogen (secondary N) is 2. The minimum atomic E-state index is -4.09. The van der Waals surface area contributed by atoms with Crippen LogP contribution in [0, 0.1) is 0 Å². The van der Waals surface area contributed by atoms with Crippen LogP contribution in [0.1, 0.15) is 10.4 Å². The van der Waals surface area contributed by atoms with Crippen molar-refractivity contribution >= 4 is 60.7 Å². The molecule has 1 amide bonds. The molecule has 3 aromatic carbocycles. The van der Waals surface area contributed by atoms with Gasteiger partial charge in [0.05, 0.1) is 35.3 Å². The Morgan fingerprint density at radius 3 is 2.03 bits per heavy atom. The molecule has 0 aromatic heterocycles. The Bertz CT molecular complexity index is 1560. The second-order valence-corrected chi connectivity index (χ2v) is 13.6. The summed E-state index contributed by atoms with van der Waals surface area (Å²) in [6.45, 7) is 0.888. The van der Waals surface area contributed by atoms with Crippen LogP contribution in [0.4, 0.5) is 11.4 Å². The second kappa shape index (κ2) is 12.0. The fourth-order valence-corrected chi connectivity index (χ4v) is 7.59. The van der Waals surface area contributed by atoms with E-state index in [1.54, 1.807) is 11.8 Å². The van der Waals surface area contributed by atoms with Gasteiger partial charge in [-0.15, -0.1) is 0 Å². The van der Waals surface area contributed by atoms with Crippen LogP contribution in [0.15, 0.2) is 70.5 Å². The van der Waals surface area contributed by atoms with E-state index in [-0.39, 0.29) is 32.5 Å². The van der Waals surface area contributed by atoms with E-state index in [1.807, 2.05) is 0 Å². The largest absolute Gasteiger partial charge is 0.493 e. The third-order valence-electron chi connectivity index (χ3n) is 5.86. The van der Waals surface area contributed by atoms with Gasteiger partial charge in [0, 0.05) is 41.4 Å². The second-order valence-electron chi connectivity index (χ2n) is 8.31. The lowest BCUT2D eigenvalue weighted by molar-refractivity contribution is 0.102. The number of sulfonamides is 2. The molecule has 0 unspecified atom stereocenters. The summed E-state index contributed by atoms with van der Waals surface area (Å²) in [6, 6.07) is 14.0. The molecular formula is C25H26ClN3O7S3. The first-order valence-corrected chi connectivity index (χ1v) is 16.0. The zero-order chi connectivity index (χ0) is 28.2. The molecule has 0 saturated carbocycles. The summed E-state index contributed by atoms with van der Waals surface area (Å²) >= 11 is 7.58. The molecular weight excluding hydrogens is 586 g/mol. The van der Waals surface area contributed by atoms with Gasteiger partial charge in [0.1, 0.15) is 0 Å². The van der Waals surface area contributed by atoms with Crippen molar-refractivity contribution in [2.24, 2.45) is 0 Å². The molecule has 208 valence electrons. The molecule has 3 aromatic rings. The van der Waals surface area contributed by atoms with Gasteiger partial charge in [-0.25, -0.2) is 16.8 Å². The number of anilines is 2. The van der Waals surface area contributed by atoms with Crippen LogP contribution >= 0.6 is 23.4 Å². The Morgan fingerprint density at radius 2 is 1.44 bits per heavy atom. The van der Waals surface area contributed by atoms with E-state index in [1.165, 1.54) is 79.2 Å². The van der Waals surface area contributed by atoms with Crippen LogP contribution in [0.5, 0.6) is 11.5 Å². The smallest absolute Gasteiger partial charge is 0.261 e. The fraction of sp³-hybridized carbons (Fsp3) is 0.240. The summed E-state index contributed by atoms with van der Waals surface area (Å²) in [5.41, 5.74) is 0.212. The number of thioether (sulfide) groups is 1. The van der Waals surface area contributed by atoms with Crippen molar-refractivity contribution in [2.75, 3.05) is 48.9 Å². The average molecular weight is 612 g/mol. The van der Waals surface area contributed by atoms with Gasteiger partial charge in [-0.2, -0.15) is 16.1 Å². The number of methoxy groups -OCH3 is 2. The normalized spacial score (nSPS) is 14.4. The summed E-state index contributed by atoms with van der Waals surface area (Å²) in [7, 11) is -4.97. The highest BCUT2D eigenvalue weighted by Crippen LogP contribution is 2.35. The van der Waals surface area contributed by atoms with Gasteiger partial charge in [0.15, 0.2) is 11.5 Å². The zero-order valence-corrected chi connectivity index (χ0v) is 24.2. The molecule has 4 rings (SSSR count). The number of ether oxygens (including phenoxy) is 2. The summed E-state index contributed by atoms with van der Waals surface area (Å²) in [4.78, 5) is 13.4. The molecule has 0 atom stereocenters. The van der Waals surface area contributed by atoms with Crippen molar-refractivity contribution in [2.45, 2.75) is 9.79 Å². The van der Waals surface area contributed by atoms with Gasteiger partial charge in [0.25, 0.3) is 15.9 Å². The van der Waals surface area contributed by atoms with E-state index in [0.29, 0.717) is 23.8 Å². The lowest BCUT2D eigenvalue weighted by atomic mass is 10.1. The van der Waals surface area contributed by atoms with Gasteiger partial charge < -0.3 is 14.8 Å². The Hall–Kier alpha value is -2.97. The molecule has 1 saturated heterocycles. The van der Waals surface area contributed by atoms with Crippen molar-refractivity contribution in [1.29, 1.82) is 0 Å². The van der Waals surface area contributed by atoms with Gasteiger partial charge >= 0.3 is 0 Å². The summed E-state index contributed by atoms with van der Waals surface area (Å²) in [5.74, 6) is 1.23. The molecule has 0 radical (unpaired) electrons. The SMILES string of the molecule is COc1cc(NS(=O)(=O)c2ccc(Cl)cc2)c(C(=O)Nc2ccc(S(=O)(=O)N3CCSCC3)cc2)cc1OC. The van der Waals surface area contributed by atoms with Crippen molar-refractivity contribution in [1.82, 2.24) is 4.31 Å². The number of amides is 1. The Labute approximate surface area is 236 Å². The van der Waals surface area contributed by atoms with Crippen LogP contribution < -0.4 is 19.5 Å². The zero-order valence-electron chi connectivity index (χ0n) is 21.0. The van der Waals surface area contributed by atoms with Gasteiger partial charge in [-0.3, -0.25) is 9.52 Å². The molecule has 14 heteroatoms. The van der Waals surface area contributed by atoms with Gasteiger partial charge in [0.2, 0.25) is 10.0 Å². The van der Waals surface area contributed by atoms with Crippen LogP contribution in [-0.2, 0) is 20.0 Å². The number of nitrogens with zero attached hydrogens (tertiary/aromatic N) is 1. The number of carbonyl (C=O) groups is 1. The molecule has 39 heavy (non-hydrogen) atoms. The third kappa shape index (κ3) is 6.61. The maximum atomic E-state index is 13.3. The number of carbonyl (C=O) groups excluding carboxylic acids is 1. The molecule has 2 N–H and O–H groups in total. The highest BCUT2D eigenvalue weighted by atomic mass is 35.5. The number of rotatable bonds is 9. The maximum absolute atomic E-state index is 13.3. The minimum absolute atomic E-state index is 0.0484. The average Bonchev–Trinajstić information content (AvgIpc) is 2.93. The Morgan fingerprint density at radius 1 is 0.872 bits per heavy atom. The van der Waals surface area contributed by atoms with Gasteiger partial charge in [-0.1, -0.05) is 11.6 Å². The maximum Gasteiger partial charge on any atom is 0.261 e. The van der Waals surface area contributed by atoms with E-state index in [4.69, 9.17) is 21.1 Å². The van der Waals surface area contributed by atoms with E-state index in [9.17, 15) is 21.6 Å². The number of hydrogen-bond donors (Lipinski definition) is 2. The van der Waals surface area contributed by atoms with Crippen molar-refractivity contribution in [3.63, 3.8) is 0 Å². The number of hydrogen-bond acceptors (Lipinski definition) is 8. The molecule has 0 spiro atoms. The van der Waals surface area contributed by atoms with Crippen molar-refractivity contribution in [3.8, 4) is 11.5 Å². The van der Waals surface area contributed by atoms with Crippen LogP contribution in [0.25, 0.3) is 0 Å². The van der Waals surface area contributed by atoms with E-state index in [2.05, 4.69) is 10.0 Å². The van der Waals surface area contributed by atoms with Crippen LogP contribution in [-0.4, -0.2) is 65.9 Å². The summed E-state index contributed by atoms with van der Waals surface area (Å²) in [5, 5.41) is 3.05. The lowest BCUT2D eigenvalue weighted by Crippen LogP contribution is -2.37. The van der Waals surface area contributed by atoms with E-state index in [0.717, 1.165) is 11.5 Å². The first kappa shape index (κ1) is 29.0. The van der Waals surface area contributed by atoms with Crippen LogP contribution in [0.2, 0.25) is 5.02 Å². The Balaban J connectivity index is 1.62. The number of halogens is 1. The quantitative estimate of drug-likeness (QED) is 0.369. The third-order valence-corrected chi connectivity index (χ3v) is 10.3. The lowest BCUT2D eigenvalue weighted by Gasteiger charge is -2.25. The molecule has 1 heterocycles. The molecule has 0 bridgehead atoms. The monoisotopic (exact) mass is 611 g/mol. The standard InChI is InChI=1S/C25H26ClN3O7S3/c1-35-23-15-21(22(16-24(23)36-2)28-38(31,32)19-7-3-17(26)4-8-19)25(30)27-18-5-9-20(10-6-18)39(33,34)29-11-13-37-14-12-29/h3-10,15-16,28H,11-14H2,1-2H3,(H,27,30). The van der Waals surface area contributed by atoms with E-state index >= 15 is 0 Å². The molecule has 1 fully saturated rings. The predicted molar refractivity (Wildman–Crippen MR) is 152 cm³/mol. The molecule has 10 nitrogen and oxygen atoms in total. The highest BCUT2D eigenvalue weighted by molar-refractivity contribution is 7.99. The molecule has 1 aliphatic rings. The first-order valence-electron chi connectivity index (χ1n) is 11.6. The predicted octanol–water partition coefficient (Wildman–Crippen LogP) is 4.15. The van der Waals surface area contributed by atoms with E-state index < -0.39 is 26.0 Å².